The third-order valence-corrected chi connectivity index (χ3v) is 4.59. The van der Waals surface area contributed by atoms with Crippen molar-refractivity contribution in [1.82, 2.24) is 14.5 Å². The molecule has 0 radical (unpaired) electrons. The van der Waals surface area contributed by atoms with Crippen LogP contribution in [0.25, 0.3) is 0 Å². The Labute approximate surface area is 139 Å². The highest BCUT2D eigenvalue weighted by Crippen LogP contribution is 2.29. The first kappa shape index (κ1) is 14.9. The van der Waals surface area contributed by atoms with E-state index in [0.717, 1.165) is 5.69 Å². The molecule has 2 fully saturated rings. The summed E-state index contributed by atoms with van der Waals surface area (Å²) in [5.74, 6) is 0.181. The second-order valence-corrected chi connectivity index (χ2v) is 6.09. The van der Waals surface area contributed by atoms with E-state index >= 15 is 0 Å². The van der Waals surface area contributed by atoms with Crippen LogP contribution in [0, 0.1) is 0 Å². The van der Waals surface area contributed by atoms with Crippen LogP contribution in [-0.4, -0.2) is 58.1 Å². The van der Waals surface area contributed by atoms with Gasteiger partial charge in [0.2, 0.25) is 0 Å². The molecule has 0 aliphatic carbocycles. The van der Waals surface area contributed by atoms with E-state index in [1.807, 2.05) is 30.3 Å². The summed E-state index contributed by atoms with van der Waals surface area (Å²) in [6.45, 7) is 0.949. The fourth-order valence-corrected chi connectivity index (χ4v) is 3.40. The number of rotatable bonds is 2. The van der Waals surface area contributed by atoms with Gasteiger partial charge in [-0.1, -0.05) is 18.2 Å². The number of ether oxygens (including phenoxy) is 1. The van der Waals surface area contributed by atoms with Gasteiger partial charge in [-0.15, -0.1) is 0 Å². The Morgan fingerprint density at radius 3 is 2.75 bits per heavy atom. The smallest absolute Gasteiger partial charge is 0.290 e. The largest absolute Gasteiger partial charge is 0.364 e. The van der Waals surface area contributed by atoms with E-state index < -0.39 is 0 Å². The van der Waals surface area contributed by atoms with Crippen LogP contribution in [-0.2, 0) is 16.6 Å². The van der Waals surface area contributed by atoms with E-state index in [0.29, 0.717) is 18.9 Å². The summed E-state index contributed by atoms with van der Waals surface area (Å²) >= 11 is 0. The van der Waals surface area contributed by atoms with Crippen LogP contribution in [0.15, 0.2) is 42.7 Å². The van der Waals surface area contributed by atoms with E-state index in [1.54, 1.807) is 33.8 Å². The number of anilines is 1. The molecular formula is C17H18N4O3. The van der Waals surface area contributed by atoms with Crippen LogP contribution >= 0.6 is 0 Å². The van der Waals surface area contributed by atoms with Gasteiger partial charge in [0.25, 0.3) is 11.8 Å². The maximum Gasteiger partial charge on any atom is 0.290 e. The van der Waals surface area contributed by atoms with Crippen LogP contribution in [0.3, 0.4) is 0 Å². The van der Waals surface area contributed by atoms with E-state index in [1.165, 1.54) is 0 Å². The molecule has 2 atom stereocenters. The van der Waals surface area contributed by atoms with Crippen LogP contribution in [0.1, 0.15) is 10.6 Å². The molecule has 2 amide bonds. The first-order chi connectivity index (χ1) is 11.6. The molecule has 0 spiro atoms. The number of likely N-dealkylation sites (tertiary alicyclic amines) is 1. The number of imidazole rings is 1. The first-order valence-electron chi connectivity index (χ1n) is 7.90. The number of nitrogens with zero attached hydrogens (tertiary/aromatic N) is 4. The van der Waals surface area contributed by atoms with Gasteiger partial charge in [-0.25, -0.2) is 4.98 Å². The summed E-state index contributed by atoms with van der Waals surface area (Å²) in [4.78, 5) is 32.7. The lowest BCUT2D eigenvalue weighted by molar-refractivity contribution is -0.130. The number of aryl methyl sites for hydroxylation is 1. The zero-order valence-electron chi connectivity index (χ0n) is 13.3. The molecule has 3 heterocycles. The molecule has 2 saturated heterocycles. The Morgan fingerprint density at radius 1 is 1.25 bits per heavy atom. The highest BCUT2D eigenvalue weighted by molar-refractivity contribution is 5.96. The molecule has 1 aromatic carbocycles. The third kappa shape index (κ3) is 2.37. The van der Waals surface area contributed by atoms with Gasteiger partial charge in [-0.3, -0.25) is 9.59 Å². The molecule has 2 aliphatic heterocycles. The second-order valence-electron chi connectivity index (χ2n) is 6.09. The topological polar surface area (TPSA) is 67.7 Å². The van der Waals surface area contributed by atoms with Crippen molar-refractivity contribution in [3.05, 3.63) is 48.5 Å². The molecule has 2 aromatic rings. The van der Waals surface area contributed by atoms with Gasteiger partial charge in [-0.05, 0) is 12.1 Å². The lowest BCUT2D eigenvalue weighted by Gasteiger charge is -2.36. The normalized spacial score (nSPS) is 23.5. The van der Waals surface area contributed by atoms with Gasteiger partial charge in [0.05, 0.1) is 12.1 Å². The number of para-hydroxylation sites is 1. The third-order valence-electron chi connectivity index (χ3n) is 4.59. The zero-order valence-corrected chi connectivity index (χ0v) is 13.3. The van der Waals surface area contributed by atoms with Crippen molar-refractivity contribution in [3.8, 4) is 0 Å². The predicted molar refractivity (Wildman–Crippen MR) is 86.6 cm³/mol. The van der Waals surface area contributed by atoms with Gasteiger partial charge >= 0.3 is 0 Å². The monoisotopic (exact) mass is 326 g/mol. The summed E-state index contributed by atoms with van der Waals surface area (Å²) in [6, 6.07) is 9.36. The summed E-state index contributed by atoms with van der Waals surface area (Å²) < 4.78 is 7.38. The molecule has 0 unspecified atom stereocenters. The highest BCUT2D eigenvalue weighted by Gasteiger charge is 2.45. The maximum atomic E-state index is 12.7. The fraction of sp³-hybridized carbons (Fsp3) is 0.353. The molecule has 0 saturated carbocycles. The zero-order chi connectivity index (χ0) is 16.7. The molecule has 0 N–H and O–H groups in total. The summed E-state index contributed by atoms with van der Waals surface area (Å²) in [5.41, 5.74) is 0.840. The summed E-state index contributed by atoms with van der Waals surface area (Å²) in [5, 5.41) is 0. The molecular weight excluding hydrogens is 308 g/mol. The van der Waals surface area contributed by atoms with Crippen molar-refractivity contribution in [2.24, 2.45) is 7.05 Å². The Kier molecular flexibility index (Phi) is 3.57. The first-order valence-corrected chi connectivity index (χ1v) is 7.90. The summed E-state index contributed by atoms with van der Waals surface area (Å²) in [7, 11) is 1.79. The average Bonchev–Trinajstić information content (AvgIpc) is 3.21. The SMILES string of the molecule is Cn1ccnc1C(=O)N1C[C@@H]2OCC(=O)N(c3ccccc3)[C@H]2C1. The second kappa shape index (κ2) is 5.76. The van der Waals surface area contributed by atoms with Gasteiger partial charge < -0.3 is 19.1 Å². The lowest BCUT2D eigenvalue weighted by atomic mass is 10.1. The van der Waals surface area contributed by atoms with E-state index in [4.69, 9.17) is 4.74 Å². The highest BCUT2D eigenvalue weighted by atomic mass is 16.5. The number of morpholine rings is 1. The number of benzene rings is 1. The van der Waals surface area contributed by atoms with E-state index in [2.05, 4.69) is 4.98 Å². The van der Waals surface area contributed by atoms with Crippen molar-refractivity contribution >= 4 is 17.5 Å². The minimum atomic E-state index is -0.174. The standard InChI is InChI=1S/C17H18N4O3/c1-19-8-7-18-16(19)17(23)20-9-13-14(10-20)24-11-15(22)21(13)12-5-3-2-4-6-12/h2-8,13-14H,9-11H2,1H3/t13-,14-/m0/s1. The number of carbonyl (C=O) groups excluding carboxylic acids is 2. The minimum absolute atomic E-state index is 0.0422. The van der Waals surface area contributed by atoms with Crippen molar-refractivity contribution in [2.75, 3.05) is 24.6 Å². The van der Waals surface area contributed by atoms with Crippen molar-refractivity contribution in [1.29, 1.82) is 0 Å². The Morgan fingerprint density at radius 2 is 2.04 bits per heavy atom. The fourth-order valence-electron chi connectivity index (χ4n) is 3.40. The summed E-state index contributed by atoms with van der Waals surface area (Å²) in [6.07, 6.45) is 3.17. The van der Waals surface area contributed by atoms with Crippen molar-refractivity contribution < 1.29 is 14.3 Å². The van der Waals surface area contributed by atoms with E-state index in [-0.39, 0.29) is 30.6 Å². The number of hydrogen-bond donors (Lipinski definition) is 0. The quantitative estimate of drug-likeness (QED) is 0.814. The number of carbonyl (C=O) groups is 2. The van der Waals surface area contributed by atoms with Gasteiger partial charge in [0, 0.05) is 38.2 Å². The number of hydrogen-bond acceptors (Lipinski definition) is 4. The molecule has 24 heavy (non-hydrogen) atoms. The molecule has 7 nitrogen and oxygen atoms in total. The Hall–Kier alpha value is -2.67. The number of amides is 2. The molecule has 124 valence electrons. The van der Waals surface area contributed by atoms with E-state index in [9.17, 15) is 9.59 Å². The molecule has 2 aliphatic rings. The van der Waals surface area contributed by atoms with Crippen LogP contribution in [0.4, 0.5) is 5.69 Å². The van der Waals surface area contributed by atoms with Gasteiger partial charge in [0.1, 0.15) is 6.61 Å². The Bertz CT molecular complexity index is 773. The minimum Gasteiger partial charge on any atom is -0.364 e. The van der Waals surface area contributed by atoms with Crippen LogP contribution in [0.5, 0.6) is 0 Å². The molecule has 7 heteroatoms. The lowest BCUT2D eigenvalue weighted by Crippen LogP contribution is -2.54. The van der Waals surface area contributed by atoms with Crippen molar-refractivity contribution in [2.45, 2.75) is 12.1 Å². The predicted octanol–water partition coefficient (Wildman–Crippen LogP) is 0.676. The van der Waals surface area contributed by atoms with Gasteiger partial charge in [-0.2, -0.15) is 0 Å². The number of fused-ring (bicyclic) bond motifs is 1. The molecule has 0 bridgehead atoms. The number of aromatic nitrogens is 2. The molecule has 1 aromatic heterocycles. The van der Waals surface area contributed by atoms with Crippen LogP contribution < -0.4 is 4.90 Å². The maximum absolute atomic E-state index is 12.7. The van der Waals surface area contributed by atoms with Crippen LogP contribution in [0.2, 0.25) is 0 Å². The average molecular weight is 326 g/mol. The Balaban J connectivity index is 1.60. The molecule has 4 rings (SSSR count). The van der Waals surface area contributed by atoms with Gasteiger partial charge in [0.15, 0.2) is 5.82 Å². The van der Waals surface area contributed by atoms with Crippen molar-refractivity contribution in [3.63, 3.8) is 0 Å².